The number of nitrogens with two attached hydrogens (primary N) is 1. The monoisotopic (exact) mass is 156 g/mol. The number of ether oxygens (including phenoxy) is 1. The van der Waals surface area contributed by atoms with Crippen molar-refractivity contribution in [2.75, 3.05) is 7.11 Å². The summed E-state index contributed by atoms with van der Waals surface area (Å²) in [6, 6.07) is 0. The van der Waals surface area contributed by atoms with Gasteiger partial charge in [0, 0.05) is 14.1 Å². The third kappa shape index (κ3) is 1.09. The Labute approximate surface area is 64.7 Å². The number of methoxy groups -OCH3 is 1. The molecule has 1 heterocycles. The molecule has 0 spiro atoms. The molecule has 0 radical (unpaired) electrons. The summed E-state index contributed by atoms with van der Waals surface area (Å²) < 4.78 is 8.59. The number of hydrogen-bond donors (Lipinski definition) is 1. The van der Waals surface area contributed by atoms with Crippen molar-refractivity contribution in [1.29, 1.82) is 0 Å². The van der Waals surface area contributed by atoms with Crippen molar-refractivity contribution in [2.45, 2.75) is 0 Å². The molecule has 1 aromatic rings. The van der Waals surface area contributed by atoms with E-state index in [0.29, 0.717) is 5.62 Å². The van der Waals surface area contributed by atoms with E-state index < -0.39 is 0 Å². The van der Waals surface area contributed by atoms with Crippen molar-refractivity contribution in [3.8, 4) is 5.88 Å². The maximum atomic E-state index is 5.15. The van der Waals surface area contributed by atoms with Gasteiger partial charge in [0.05, 0.1) is 13.3 Å². The van der Waals surface area contributed by atoms with Gasteiger partial charge in [-0.3, -0.25) is 4.57 Å². The van der Waals surface area contributed by atoms with Crippen molar-refractivity contribution in [3.05, 3.63) is 11.8 Å². The first-order chi connectivity index (χ1) is 5.20. The molecule has 62 valence electrons. The van der Waals surface area contributed by atoms with Gasteiger partial charge >= 0.3 is 0 Å². The molecule has 0 bridgehead atoms. The first-order valence-corrected chi connectivity index (χ1v) is 3.21. The second-order valence-electron chi connectivity index (χ2n) is 2.27. The predicted octanol–water partition coefficient (Wildman–Crippen LogP) is -0.853. The van der Waals surface area contributed by atoms with Gasteiger partial charge in [0.2, 0.25) is 11.5 Å². The molecule has 0 amide bonds. The van der Waals surface area contributed by atoms with Crippen LogP contribution in [0.3, 0.4) is 0 Å². The van der Waals surface area contributed by atoms with Crippen LogP contribution in [0.4, 0.5) is 0 Å². The molecular weight excluding hydrogens is 144 g/mol. The van der Waals surface area contributed by atoms with E-state index in [1.54, 1.807) is 16.2 Å². The average molecular weight is 156 g/mol. The molecule has 0 unspecified atom stereocenters. The SMILES string of the molecule is COc1cn(C)c(=NN)n1C. The summed E-state index contributed by atoms with van der Waals surface area (Å²) in [5.41, 5.74) is 0.668. The molecule has 5 heteroatoms. The highest BCUT2D eigenvalue weighted by Crippen LogP contribution is 2.02. The summed E-state index contributed by atoms with van der Waals surface area (Å²) in [4.78, 5) is 0. The van der Waals surface area contributed by atoms with Gasteiger partial charge in [0.25, 0.3) is 0 Å². The maximum absolute atomic E-state index is 5.15. The molecule has 0 aliphatic carbocycles. The van der Waals surface area contributed by atoms with E-state index in [4.69, 9.17) is 10.6 Å². The molecular formula is C6H12N4O. The van der Waals surface area contributed by atoms with E-state index in [-0.39, 0.29) is 0 Å². The summed E-state index contributed by atoms with van der Waals surface area (Å²) in [7, 11) is 5.30. The standard InChI is InChI=1S/C6H12N4O/c1-9-4-5(11-3)10(2)6(9)8-7/h4H,7H2,1-3H3. The lowest BCUT2D eigenvalue weighted by Crippen LogP contribution is -2.23. The fourth-order valence-electron chi connectivity index (χ4n) is 1.01. The molecule has 0 saturated carbocycles. The summed E-state index contributed by atoms with van der Waals surface area (Å²) >= 11 is 0. The Balaban J connectivity index is 3.38. The maximum Gasteiger partial charge on any atom is 0.229 e. The lowest BCUT2D eigenvalue weighted by atomic mass is 10.8. The van der Waals surface area contributed by atoms with E-state index in [1.807, 2.05) is 20.3 Å². The molecule has 0 fully saturated rings. The van der Waals surface area contributed by atoms with Crippen molar-refractivity contribution < 1.29 is 4.74 Å². The molecule has 0 aliphatic rings. The average Bonchev–Trinajstić information content (AvgIpc) is 2.26. The summed E-state index contributed by atoms with van der Waals surface area (Å²) in [5.74, 6) is 5.88. The van der Waals surface area contributed by atoms with Gasteiger partial charge in [-0.05, 0) is 0 Å². The van der Waals surface area contributed by atoms with Gasteiger partial charge in [-0.2, -0.15) is 0 Å². The highest BCUT2D eigenvalue weighted by molar-refractivity contribution is 5.05. The second-order valence-corrected chi connectivity index (χ2v) is 2.27. The lowest BCUT2D eigenvalue weighted by molar-refractivity contribution is 0.379. The lowest BCUT2D eigenvalue weighted by Gasteiger charge is -1.96. The van der Waals surface area contributed by atoms with Crippen LogP contribution in [0.15, 0.2) is 11.3 Å². The quantitative estimate of drug-likeness (QED) is 0.425. The van der Waals surface area contributed by atoms with Crippen molar-refractivity contribution in [2.24, 2.45) is 25.0 Å². The Morgan fingerprint density at radius 2 is 2.18 bits per heavy atom. The first kappa shape index (κ1) is 7.71. The van der Waals surface area contributed by atoms with Gasteiger partial charge in [-0.1, -0.05) is 0 Å². The van der Waals surface area contributed by atoms with Gasteiger partial charge in [-0.25, -0.2) is 0 Å². The van der Waals surface area contributed by atoms with E-state index >= 15 is 0 Å². The van der Waals surface area contributed by atoms with Crippen molar-refractivity contribution >= 4 is 0 Å². The Bertz CT molecular complexity index is 309. The molecule has 2 N–H and O–H groups in total. The smallest absolute Gasteiger partial charge is 0.229 e. The molecule has 11 heavy (non-hydrogen) atoms. The minimum absolute atomic E-state index is 0.668. The Morgan fingerprint density at radius 1 is 1.55 bits per heavy atom. The van der Waals surface area contributed by atoms with E-state index in [0.717, 1.165) is 5.88 Å². The van der Waals surface area contributed by atoms with Gasteiger partial charge in [-0.15, -0.1) is 5.10 Å². The molecule has 0 atom stereocenters. The van der Waals surface area contributed by atoms with E-state index in [2.05, 4.69) is 5.10 Å². The zero-order valence-electron chi connectivity index (χ0n) is 6.90. The van der Waals surface area contributed by atoms with Crippen molar-refractivity contribution in [1.82, 2.24) is 9.13 Å². The number of aromatic nitrogens is 2. The Hall–Kier alpha value is -1.39. The van der Waals surface area contributed by atoms with Crippen LogP contribution in [0.1, 0.15) is 0 Å². The van der Waals surface area contributed by atoms with Crippen LogP contribution in [-0.2, 0) is 14.1 Å². The second kappa shape index (κ2) is 2.69. The summed E-state index contributed by atoms with van der Waals surface area (Å²) in [5, 5.41) is 3.58. The normalized spacial score (nSPS) is 12.1. The third-order valence-corrected chi connectivity index (χ3v) is 1.57. The molecule has 5 nitrogen and oxygen atoms in total. The van der Waals surface area contributed by atoms with E-state index in [9.17, 15) is 0 Å². The fraction of sp³-hybridized carbons (Fsp3) is 0.500. The highest BCUT2D eigenvalue weighted by Gasteiger charge is 2.01. The van der Waals surface area contributed by atoms with Gasteiger partial charge in [0.1, 0.15) is 0 Å². The van der Waals surface area contributed by atoms with Crippen LogP contribution in [0.25, 0.3) is 0 Å². The van der Waals surface area contributed by atoms with E-state index in [1.165, 1.54) is 0 Å². The van der Waals surface area contributed by atoms with Crippen LogP contribution in [-0.4, -0.2) is 16.2 Å². The van der Waals surface area contributed by atoms with Crippen LogP contribution in [0.2, 0.25) is 0 Å². The largest absolute Gasteiger partial charge is 0.481 e. The van der Waals surface area contributed by atoms with Crippen molar-refractivity contribution in [3.63, 3.8) is 0 Å². The number of nitrogens with zero attached hydrogens (tertiary/aromatic N) is 3. The van der Waals surface area contributed by atoms with Gasteiger partial charge < -0.3 is 15.1 Å². The van der Waals surface area contributed by atoms with Crippen LogP contribution in [0.5, 0.6) is 5.88 Å². The van der Waals surface area contributed by atoms with Crippen LogP contribution >= 0.6 is 0 Å². The Kier molecular flexibility index (Phi) is 1.89. The zero-order chi connectivity index (χ0) is 8.43. The summed E-state index contributed by atoms with van der Waals surface area (Å²) in [6.45, 7) is 0. The molecule has 0 saturated heterocycles. The predicted molar refractivity (Wildman–Crippen MR) is 40.7 cm³/mol. The zero-order valence-corrected chi connectivity index (χ0v) is 6.90. The molecule has 0 aromatic carbocycles. The van der Waals surface area contributed by atoms with Crippen LogP contribution in [0, 0.1) is 0 Å². The first-order valence-electron chi connectivity index (χ1n) is 3.21. The number of aryl methyl sites for hydroxylation is 1. The Morgan fingerprint density at radius 3 is 2.45 bits per heavy atom. The minimum atomic E-state index is 0.668. The number of hydrogen-bond acceptors (Lipinski definition) is 3. The third-order valence-electron chi connectivity index (χ3n) is 1.57. The number of imidazole rings is 1. The molecule has 1 rings (SSSR count). The molecule has 0 aliphatic heterocycles. The number of rotatable bonds is 1. The molecule has 1 aromatic heterocycles. The summed E-state index contributed by atoms with van der Waals surface area (Å²) in [6.07, 6.45) is 1.81. The van der Waals surface area contributed by atoms with Gasteiger partial charge in [0.15, 0.2) is 0 Å². The van der Waals surface area contributed by atoms with Crippen LogP contribution < -0.4 is 16.2 Å². The topological polar surface area (TPSA) is 57.5 Å². The minimum Gasteiger partial charge on any atom is -0.481 e. The highest BCUT2D eigenvalue weighted by atomic mass is 16.5. The fourth-order valence-corrected chi connectivity index (χ4v) is 1.01.